The van der Waals surface area contributed by atoms with E-state index in [4.69, 9.17) is 11.6 Å². The van der Waals surface area contributed by atoms with Crippen LogP contribution in [0.3, 0.4) is 0 Å². The van der Waals surface area contributed by atoms with Crippen LogP contribution in [0.1, 0.15) is 19.8 Å². The minimum absolute atomic E-state index is 0.159. The zero-order chi connectivity index (χ0) is 11.8. The van der Waals surface area contributed by atoms with E-state index in [-0.39, 0.29) is 6.03 Å². The summed E-state index contributed by atoms with van der Waals surface area (Å²) in [4.78, 5) is 12.2. The Hall–Kier alpha value is -0.870. The van der Waals surface area contributed by atoms with Crippen LogP contribution in [0.4, 0.5) is 4.79 Å². The Morgan fingerprint density at radius 1 is 1.38 bits per heavy atom. The van der Waals surface area contributed by atoms with Crippen molar-refractivity contribution in [2.45, 2.75) is 24.7 Å². The van der Waals surface area contributed by atoms with Crippen LogP contribution in [0.5, 0.6) is 0 Å². The molecule has 0 heterocycles. The molecule has 2 N–H and O–H groups in total. The molecule has 5 heteroatoms. The lowest BCUT2D eigenvalue weighted by atomic mass is 10.3. The fourth-order valence-corrected chi connectivity index (χ4v) is 1.70. The number of hydrogen-bond donors (Lipinski definition) is 2. The number of carbonyl (C=O) groups excluding carboxylic acids is 1. The monoisotopic (exact) mass is 258 g/mol. The Morgan fingerprint density at radius 3 is 2.69 bits per heavy atom. The van der Waals surface area contributed by atoms with Gasteiger partial charge in [-0.3, -0.25) is 4.72 Å². The minimum atomic E-state index is -0.159. The number of amides is 2. The van der Waals surface area contributed by atoms with Crippen molar-refractivity contribution in [2.75, 3.05) is 6.54 Å². The maximum absolute atomic E-state index is 11.3. The van der Waals surface area contributed by atoms with E-state index in [1.54, 1.807) is 12.1 Å². The summed E-state index contributed by atoms with van der Waals surface area (Å²) >= 11 is 7.02. The van der Waals surface area contributed by atoms with E-state index in [0.717, 1.165) is 17.7 Å². The molecule has 16 heavy (non-hydrogen) atoms. The zero-order valence-electron chi connectivity index (χ0n) is 9.13. The van der Waals surface area contributed by atoms with Crippen molar-refractivity contribution in [1.29, 1.82) is 0 Å². The zero-order valence-corrected chi connectivity index (χ0v) is 10.7. The molecular formula is C11H15ClN2OS. The molecule has 1 aromatic rings. The molecule has 0 atom stereocenters. The van der Waals surface area contributed by atoms with Gasteiger partial charge < -0.3 is 5.32 Å². The first-order chi connectivity index (χ1) is 7.72. The van der Waals surface area contributed by atoms with Crippen molar-refractivity contribution < 1.29 is 4.79 Å². The molecule has 0 bridgehead atoms. The smallest absolute Gasteiger partial charge is 0.325 e. The summed E-state index contributed by atoms with van der Waals surface area (Å²) in [5.41, 5.74) is 0. The first-order valence-electron chi connectivity index (χ1n) is 5.18. The number of urea groups is 1. The summed E-state index contributed by atoms with van der Waals surface area (Å²) in [6.07, 6.45) is 2.07. The lowest BCUT2D eigenvalue weighted by molar-refractivity contribution is 0.246. The van der Waals surface area contributed by atoms with E-state index >= 15 is 0 Å². The average Bonchev–Trinajstić information content (AvgIpc) is 2.29. The van der Waals surface area contributed by atoms with Crippen molar-refractivity contribution >= 4 is 29.6 Å². The van der Waals surface area contributed by atoms with Gasteiger partial charge in [0, 0.05) is 16.5 Å². The standard InChI is InChI=1S/C11H15ClN2OS/c1-2-3-8-13-11(15)14-16-10-6-4-9(12)5-7-10/h4-7H,2-3,8H2,1H3,(H2,13,14,15). The largest absolute Gasteiger partial charge is 0.337 e. The summed E-state index contributed by atoms with van der Waals surface area (Å²) in [5, 5.41) is 3.46. The number of halogens is 1. The van der Waals surface area contributed by atoms with Crippen LogP contribution < -0.4 is 10.0 Å². The van der Waals surface area contributed by atoms with Crippen LogP contribution in [-0.2, 0) is 0 Å². The molecule has 1 rings (SSSR count). The second-order valence-electron chi connectivity index (χ2n) is 3.27. The first-order valence-corrected chi connectivity index (χ1v) is 6.38. The highest BCUT2D eigenvalue weighted by molar-refractivity contribution is 7.98. The lowest BCUT2D eigenvalue weighted by Crippen LogP contribution is -2.31. The molecule has 0 aliphatic rings. The van der Waals surface area contributed by atoms with Gasteiger partial charge >= 0.3 is 6.03 Å². The molecule has 0 saturated carbocycles. The highest BCUT2D eigenvalue weighted by Crippen LogP contribution is 2.17. The van der Waals surface area contributed by atoms with Crippen LogP contribution in [0.25, 0.3) is 0 Å². The molecule has 0 aromatic heterocycles. The van der Waals surface area contributed by atoms with E-state index < -0.39 is 0 Å². The number of carbonyl (C=O) groups is 1. The van der Waals surface area contributed by atoms with Gasteiger partial charge in [0.15, 0.2) is 0 Å². The van der Waals surface area contributed by atoms with Crippen molar-refractivity contribution in [3.63, 3.8) is 0 Å². The Labute approximate surface area is 105 Å². The van der Waals surface area contributed by atoms with Crippen molar-refractivity contribution in [1.82, 2.24) is 10.0 Å². The van der Waals surface area contributed by atoms with Gasteiger partial charge in [0.05, 0.1) is 0 Å². The summed E-state index contributed by atoms with van der Waals surface area (Å²) in [5.74, 6) is 0. The summed E-state index contributed by atoms with van der Waals surface area (Å²) < 4.78 is 2.70. The van der Waals surface area contributed by atoms with Crippen LogP contribution in [0.15, 0.2) is 29.2 Å². The topological polar surface area (TPSA) is 41.1 Å². The summed E-state index contributed by atoms with van der Waals surface area (Å²) in [6.45, 7) is 2.80. The van der Waals surface area contributed by atoms with E-state index in [0.29, 0.717) is 11.6 Å². The van der Waals surface area contributed by atoms with Gasteiger partial charge in [0.2, 0.25) is 0 Å². The van der Waals surface area contributed by atoms with Gasteiger partial charge in [-0.05, 0) is 42.6 Å². The molecule has 0 fully saturated rings. The minimum Gasteiger partial charge on any atom is -0.337 e. The van der Waals surface area contributed by atoms with Crippen LogP contribution in [0.2, 0.25) is 5.02 Å². The molecule has 1 aromatic carbocycles. The van der Waals surface area contributed by atoms with Crippen LogP contribution in [0, 0.1) is 0 Å². The maximum Gasteiger partial charge on any atom is 0.325 e. The van der Waals surface area contributed by atoms with E-state index in [9.17, 15) is 4.79 Å². The number of rotatable bonds is 5. The molecular weight excluding hydrogens is 244 g/mol. The van der Waals surface area contributed by atoms with E-state index in [1.807, 2.05) is 12.1 Å². The highest BCUT2D eigenvalue weighted by Gasteiger charge is 2.00. The molecule has 0 saturated heterocycles. The summed E-state index contributed by atoms with van der Waals surface area (Å²) in [6, 6.07) is 7.15. The van der Waals surface area contributed by atoms with E-state index in [2.05, 4.69) is 17.0 Å². The molecule has 88 valence electrons. The van der Waals surface area contributed by atoms with Crippen molar-refractivity contribution in [2.24, 2.45) is 0 Å². The van der Waals surface area contributed by atoms with Gasteiger partial charge in [-0.2, -0.15) is 0 Å². The maximum atomic E-state index is 11.3. The third kappa shape index (κ3) is 5.28. The SMILES string of the molecule is CCCCNC(=O)NSc1ccc(Cl)cc1. The Balaban J connectivity index is 2.23. The van der Waals surface area contributed by atoms with Crippen molar-refractivity contribution in [3.05, 3.63) is 29.3 Å². The predicted molar refractivity (Wildman–Crippen MR) is 68.8 cm³/mol. The van der Waals surface area contributed by atoms with Crippen LogP contribution in [-0.4, -0.2) is 12.6 Å². The highest BCUT2D eigenvalue weighted by atomic mass is 35.5. The molecule has 0 spiro atoms. The molecule has 0 unspecified atom stereocenters. The second-order valence-corrected chi connectivity index (χ2v) is 4.58. The van der Waals surface area contributed by atoms with Gasteiger partial charge in [0.1, 0.15) is 0 Å². The Kier molecular flexibility index (Phi) is 6.11. The predicted octanol–water partition coefficient (Wildman–Crippen LogP) is 3.45. The fourth-order valence-electron chi connectivity index (χ4n) is 1.02. The van der Waals surface area contributed by atoms with Crippen molar-refractivity contribution in [3.8, 4) is 0 Å². The summed E-state index contributed by atoms with van der Waals surface area (Å²) in [7, 11) is 0. The molecule has 3 nitrogen and oxygen atoms in total. The van der Waals surface area contributed by atoms with Crippen LogP contribution >= 0.6 is 23.5 Å². The van der Waals surface area contributed by atoms with Gasteiger partial charge in [-0.25, -0.2) is 4.79 Å². The number of unbranched alkanes of at least 4 members (excludes halogenated alkanes) is 1. The third-order valence-electron chi connectivity index (χ3n) is 1.89. The second kappa shape index (κ2) is 7.41. The lowest BCUT2D eigenvalue weighted by Gasteiger charge is -2.05. The normalized spacial score (nSPS) is 9.88. The molecule has 0 aliphatic carbocycles. The van der Waals surface area contributed by atoms with Gasteiger partial charge in [-0.15, -0.1) is 0 Å². The fraction of sp³-hybridized carbons (Fsp3) is 0.364. The number of nitrogens with one attached hydrogen (secondary N) is 2. The molecule has 0 aliphatic heterocycles. The molecule has 2 amide bonds. The average molecular weight is 259 g/mol. The first kappa shape index (κ1) is 13.2. The van der Waals surface area contributed by atoms with Gasteiger partial charge in [0.25, 0.3) is 0 Å². The molecule has 0 radical (unpaired) electrons. The number of benzene rings is 1. The quantitative estimate of drug-likeness (QED) is 0.627. The Bertz CT molecular complexity index is 329. The Morgan fingerprint density at radius 2 is 2.06 bits per heavy atom. The third-order valence-corrected chi connectivity index (χ3v) is 2.94. The number of hydrogen-bond acceptors (Lipinski definition) is 2. The van der Waals surface area contributed by atoms with Gasteiger partial charge in [-0.1, -0.05) is 24.9 Å². The van der Waals surface area contributed by atoms with E-state index in [1.165, 1.54) is 11.9 Å².